The van der Waals surface area contributed by atoms with E-state index in [4.69, 9.17) is 5.11 Å². The topological polar surface area (TPSA) is 62.2 Å². The van der Waals surface area contributed by atoms with Gasteiger partial charge in [0.2, 0.25) is 0 Å². The molecule has 4 nitrogen and oxygen atoms in total. The van der Waals surface area contributed by atoms with Crippen LogP contribution in [0.4, 0.5) is 0 Å². The number of thiophene rings is 1. The van der Waals surface area contributed by atoms with Gasteiger partial charge in [-0.3, -0.25) is 4.79 Å². The Bertz CT molecular complexity index is 665. The average Bonchev–Trinajstić information content (AvgIpc) is 3.08. The summed E-state index contributed by atoms with van der Waals surface area (Å²) in [5.74, 6) is 5.69. The summed E-state index contributed by atoms with van der Waals surface area (Å²) in [4.78, 5) is 17.8. The Kier molecular flexibility index (Phi) is 5.93. The molecule has 110 valence electrons. The number of hydrogen-bond acceptors (Lipinski definition) is 5. The maximum absolute atomic E-state index is 12.0. The monoisotopic (exact) mass is 320 g/mol. The molecule has 6 heteroatoms. The molecule has 1 amide bonds. The van der Waals surface area contributed by atoms with E-state index in [0.717, 1.165) is 22.0 Å². The predicted molar refractivity (Wildman–Crippen MR) is 85.8 cm³/mol. The molecule has 0 aliphatic heterocycles. The van der Waals surface area contributed by atoms with E-state index in [1.807, 2.05) is 18.4 Å². The molecule has 0 saturated heterocycles. The summed E-state index contributed by atoms with van der Waals surface area (Å²) in [5, 5.41) is 14.6. The molecule has 0 aromatic carbocycles. The van der Waals surface area contributed by atoms with Gasteiger partial charge in [-0.1, -0.05) is 11.8 Å². The first-order valence-electron chi connectivity index (χ1n) is 6.58. The molecule has 0 unspecified atom stereocenters. The Hall–Kier alpha value is -1.68. The van der Waals surface area contributed by atoms with Gasteiger partial charge in [0.25, 0.3) is 5.91 Å². The van der Waals surface area contributed by atoms with Crippen LogP contribution in [0.3, 0.4) is 0 Å². The van der Waals surface area contributed by atoms with Crippen LogP contribution in [0.15, 0.2) is 17.5 Å². The van der Waals surface area contributed by atoms with Crippen LogP contribution in [0.2, 0.25) is 0 Å². The van der Waals surface area contributed by atoms with Crippen LogP contribution >= 0.6 is 22.7 Å². The second-order valence-electron chi connectivity index (χ2n) is 4.30. The molecule has 0 saturated carbocycles. The van der Waals surface area contributed by atoms with E-state index in [1.54, 1.807) is 17.4 Å². The fourth-order valence-electron chi connectivity index (χ4n) is 1.65. The van der Waals surface area contributed by atoms with Crippen LogP contribution in [0.5, 0.6) is 0 Å². The molecule has 0 aliphatic carbocycles. The number of nitrogens with one attached hydrogen (secondary N) is 1. The van der Waals surface area contributed by atoms with Crippen LogP contribution in [0, 0.1) is 18.8 Å². The maximum Gasteiger partial charge on any atom is 0.261 e. The van der Waals surface area contributed by atoms with Crippen molar-refractivity contribution in [3.63, 3.8) is 0 Å². The van der Waals surface area contributed by atoms with Gasteiger partial charge in [-0.05, 0) is 19.1 Å². The minimum absolute atomic E-state index is 0.0574. The van der Waals surface area contributed by atoms with Gasteiger partial charge in [-0.2, -0.15) is 0 Å². The van der Waals surface area contributed by atoms with E-state index in [2.05, 4.69) is 22.1 Å². The molecule has 0 atom stereocenters. The highest BCUT2D eigenvalue weighted by Crippen LogP contribution is 2.15. The van der Waals surface area contributed by atoms with Crippen LogP contribution in [0.25, 0.3) is 0 Å². The van der Waals surface area contributed by atoms with Crippen molar-refractivity contribution in [3.8, 4) is 11.8 Å². The lowest BCUT2D eigenvalue weighted by atomic mass is 10.3. The number of aliphatic hydroxyl groups excluding tert-OH is 1. The van der Waals surface area contributed by atoms with Crippen molar-refractivity contribution >= 4 is 28.6 Å². The summed E-state index contributed by atoms with van der Waals surface area (Å²) >= 11 is 2.98. The number of nitrogens with zero attached hydrogens (tertiary/aromatic N) is 1. The smallest absolute Gasteiger partial charge is 0.261 e. The van der Waals surface area contributed by atoms with E-state index in [1.165, 1.54) is 11.3 Å². The first kappa shape index (κ1) is 15.7. The molecule has 2 aromatic heterocycles. The van der Waals surface area contributed by atoms with Crippen molar-refractivity contribution in [1.82, 2.24) is 10.3 Å². The van der Waals surface area contributed by atoms with Crippen LogP contribution in [0.1, 0.15) is 31.7 Å². The second-order valence-corrected chi connectivity index (χ2v) is 6.45. The Labute approximate surface area is 131 Å². The largest absolute Gasteiger partial charge is 0.395 e. The average molecular weight is 320 g/mol. The van der Waals surface area contributed by atoms with Gasteiger partial charge in [0, 0.05) is 24.8 Å². The van der Waals surface area contributed by atoms with Crippen molar-refractivity contribution in [1.29, 1.82) is 0 Å². The Morgan fingerprint density at radius 2 is 2.33 bits per heavy atom. The van der Waals surface area contributed by atoms with Crippen LogP contribution in [-0.2, 0) is 6.42 Å². The third-order valence-electron chi connectivity index (χ3n) is 2.61. The fourth-order valence-corrected chi connectivity index (χ4v) is 3.09. The predicted octanol–water partition coefficient (Wildman–Crippen LogP) is 2.22. The van der Waals surface area contributed by atoms with Crippen molar-refractivity contribution in [2.24, 2.45) is 0 Å². The fraction of sp³-hybridized carbons (Fsp3) is 0.333. The highest BCUT2D eigenvalue weighted by atomic mass is 32.1. The molecule has 2 rings (SSSR count). The number of hydrogen-bond donors (Lipinski definition) is 2. The van der Waals surface area contributed by atoms with Gasteiger partial charge in [0.05, 0.1) is 27.1 Å². The zero-order valence-electron chi connectivity index (χ0n) is 11.7. The van der Waals surface area contributed by atoms with Gasteiger partial charge < -0.3 is 10.4 Å². The lowest BCUT2D eigenvalue weighted by Crippen LogP contribution is -2.24. The Morgan fingerprint density at radius 3 is 3.05 bits per heavy atom. The number of thiazole rings is 1. The minimum Gasteiger partial charge on any atom is -0.395 e. The molecule has 0 aliphatic rings. The molecule has 0 radical (unpaired) electrons. The van der Waals surface area contributed by atoms with Crippen molar-refractivity contribution in [3.05, 3.63) is 38.0 Å². The summed E-state index contributed by atoms with van der Waals surface area (Å²) in [6.07, 6.45) is 1.19. The third-order valence-corrected chi connectivity index (χ3v) is 4.43. The number of amides is 1. The van der Waals surface area contributed by atoms with E-state index in [-0.39, 0.29) is 12.5 Å². The number of aryl methyl sites for hydroxylation is 1. The Balaban J connectivity index is 1.82. The van der Waals surface area contributed by atoms with Crippen molar-refractivity contribution in [2.45, 2.75) is 19.8 Å². The third kappa shape index (κ3) is 4.97. The summed E-state index contributed by atoms with van der Waals surface area (Å²) in [5.41, 5.74) is 1.01. The highest BCUT2D eigenvalue weighted by Gasteiger charge is 2.08. The normalized spacial score (nSPS) is 10.0. The summed E-state index contributed by atoms with van der Waals surface area (Å²) in [6.45, 7) is 2.60. The minimum atomic E-state index is -0.0813. The van der Waals surface area contributed by atoms with Gasteiger partial charge in [-0.15, -0.1) is 22.7 Å². The number of rotatable bonds is 5. The molecule has 0 spiro atoms. The summed E-state index contributed by atoms with van der Waals surface area (Å²) < 4.78 is 0. The lowest BCUT2D eigenvalue weighted by molar-refractivity contribution is 0.0958. The maximum atomic E-state index is 12.0. The lowest BCUT2D eigenvalue weighted by Gasteiger charge is -2.01. The summed E-state index contributed by atoms with van der Waals surface area (Å²) in [6, 6.07) is 3.60. The van der Waals surface area contributed by atoms with E-state index in [0.29, 0.717) is 17.8 Å². The van der Waals surface area contributed by atoms with Crippen molar-refractivity contribution in [2.75, 3.05) is 13.2 Å². The van der Waals surface area contributed by atoms with Crippen molar-refractivity contribution < 1.29 is 9.90 Å². The molecular weight excluding hydrogens is 304 g/mol. The van der Waals surface area contributed by atoms with Crippen LogP contribution in [-0.4, -0.2) is 29.1 Å². The van der Waals surface area contributed by atoms with E-state index >= 15 is 0 Å². The number of carbonyl (C=O) groups excluding carboxylic acids is 1. The molecule has 0 fully saturated rings. The summed E-state index contributed by atoms with van der Waals surface area (Å²) in [7, 11) is 0. The first-order chi connectivity index (χ1) is 10.2. The highest BCUT2D eigenvalue weighted by molar-refractivity contribution is 7.14. The molecule has 0 bridgehead atoms. The number of aliphatic hydroxyl groups is 1. The second kappa shape index (κ2) is 7.93. The Morgan fingerprint density at radius 1 is 1.48 bits per heavy atom. The first-order valence-corrected chi connectivity index (χ1v) is 8.27. The SMILES string of the molecule is Cc1nc(CCNC(=O)c2ccc(C#CCCO)s2)cs1. The number of carbonyl (C=O) groups is 1. The number of aromatic nitrogens is 1. The van der Waals surface area contributed by atoms with Crippen LogP contribution < -0.4 is 5.32 Å². The van der Waals surface area contributed by atoms with E-state index in [9.17, 15) is 4.79 Å². The quantitative estimate of drug-likeness (QED) is 0.831. The molecule has 2 N–H and O–H groups in total. The van der Waals surface area contributed by atoms with Gasteiger partial charge >= 0.3 is 0 Å². The molecule has 2 heterocycles. The van der Waals surface area contributed by atoms with Gasteiger partial charge in [0.15, 0.2) is 0 Å². The standard InChI is InChI=1S/C15H16N2O2S2/c1-11-17-12(10-20-11)7-8-16-15(19)14-6-5-13(21-14)4-2-3-9-18/h5-6,10,18H,3,7-9H2,1H3,(H,16,19). The molecule has 2 aromatic rings. The molecular formula is C15H16N2O2S2. The van der Waals surface area contributed by atoms with E-state index < -0.39 is 0 Å². The van der Waals surface area contributed by atoms with Gasteiger partial charge in [-0.25, -0.2) is 4.98 Å². The van der Waals surface area contributed by atoms with Gasteiger partial charge in [0.1, 0.15) is 0 Å². The zero-order chi connectivity index (χ0) is 15.1. The zero-order valence-corrected chi connectivity index (χ0v) is 13.3. The molecule has 21 heavy (non-hydrogen) atoms.